The van der Waals surface area contributed by atoms with Gasteiger partial charge < -0.3 is 30.5 Å². The highest BCUT2D eigenvalue weighted by Crippen LogP contribution is 2.35. The number of rotatable bonds is 33. The van der Waals surface area contributed by atoms with Crippen LogP contribution in [0.15, 0.2) is 278 Å². The highest BCUT2D eigenvalue weighted by atomic mass is 35.5. The first kappa shape index (κ1) is 109. The summed E-state index contributed by atoms with van der Waals surface area (Å²) in [6.07, 6.45) is 8.38. The SMILES string of the molecule is CN1CCN=C1c1ccc2c(=O)n(-c3ccc(CC(=O)CS(=O)(=O)c4ccc(Cl)s4)cc3F)ccc2c1.O=C(Cc1ccc(-n2ccc3cc(NCCN4CCCC4)ccc3c2=O)c(F)c1)CS(=O)(=O)c1ccc(Cl)s1.O=C(Cc1ccc(-n2ccc3cc(NCCN4CCOCC4)ccc3c2=O)c(F)c1)CS(=O)(=O)c1ccc(Cl)s1.O=C(Cc1ccc(-n2ccc3cc4c(cc3c2=O)CCN4)c(F)c1)CS(=O)(=O)c1ccc(Cl)s1. The number of carbonyl (C=O) groups excluding carboxylic acids is 4. The van der Waals surface area contributed by atoms with Crippen molar-refractivity contribution in [3.05, 3.63) is 353 Å². The summed E-state index contributed by atoms with van der Waals surface area (Å²) < 4.78 is 171. The molecule has 0 bridgehead atoms. The Morgan fingerprint density at radius 2 is 0.720 bits per heavy atom. The third kappa shape index (κ3) is 26.3. The van der Waals surface area contributed by atoms with Crippen molar-refractivity contribution in [3.8, 4) is 22.7 Å². The molecular weight excluding hydrogens is 2170 g/mol. The van der Waals surface area contributed by atoms with E-state index >= 15 is 13.2 Å². The molecule has 8 aromatic carbocycles. The average molecular weight is 2270 g/mol. The number of aliphatic imine (C=N–C) groups is 1. The highest BCUT2D eigenvalue weighted by molar-refractivity contribution is 7.95. The number of sulfone groups is 4. The number of pyridine rings is 4. The number of morpholine rings is 1. The maximum atomic E-state index is 15.1. The van der Waals surface area contributed by atoms with Gasteiger partial charge in [-0.25, -0.2) is 51.2 Å². The Bertz CT molecular complexity index is 8790. The minimum absolute atomic E-state index is 0.0124. The van der Waals surface area contributed by atoms with Gasteiger partial charge in [-0.3, -0.25) is 66.5 Å². The zero-order valence-corrected chi connectivity index (χ0v) is 89.4. The van der Waals surface area contributed by atoms with Gasteiger partial charge in [0.2, 0.25) is 0 Å². The molecule has 28 nitrogen and oxygen atoms in total. The average Bonchev–Trinajstić information content (AvgIpc) is 1.37. The van der Waals surface area contributed by atoms with Gasteiger partial charge in [-0.1, -0.05) is 76.7 Å². The van der Waals surface area contributed by atoms with E-state index in [0.717, 1.165) is 217 Å². The number of nitrogens with one attached hydrogen (secondary N) is 3. The fraction of sp³-hybridized carbons (Fsp3) is 0.236. The fourth-order valence-corrected chi connectivity index (χ4v) is 29.1. The first-order chi connectivity index (χ1) is 71.7. The molecule has 2 saturated heterocycles. The number of amidine groups is 1. The number of hydrogen-bond acceptors (Lipinski definition) is 28. The Morgan fingerprint density at radius 3 is 1.05 bits per heavy atom. The summed E-state index contributed by atoms with van der Waals surface area (Å²) in [6.45, 7) is 11.4. The van der Waals surface area contributed by atoms with Gasteiger partial charge in [-0.2, -0.15) is 0 Å². The van der Waals surface area contributed by atoms with Crippen molar-refractivity contribution >= 4 is 220 Å². The molecule has 44 heteroatoms. The molecule has 778 valence electrons. The normalized spacial score (nSPS) is 13.9. The van der Waals surface area contributed by atoms with Crippen molar-refractivity contribution < 1.29 is 75.1 Å². The number of likely N-dealkylation sites (tertiary alicyclic amines) is 1. The second-order valence-electron chi connectivity index (χ2n) is 35.9. The number of ketones is 4. The first-order valence-corrected chi connectivity index (χ1v) is 58.4. The van der Waals surface area contributed by atoms with Gasteiger partial charge in [0.25, 0.3) is 22.2 Å². The third-order valence-corrected chi connectivity index (χ3v) is 39.2. The number of aromatic nitrogens is 4. The number of ether oxygens (including phenoxy) is 1. The number of hydrogen-bond donors (Lipinski definition) is 3. The molecule has 4 aliphatic rings. The molecule has 8 aromatic heterocycles. The van der Waals surface area contributed by atoms with Gasteiger partial charge in [0.1, 0.15) is 69.0 Å². The van der Waals surface area contributed by atoms with E-state index in [-0.39, 0.29) is 87.5 Å². The minimum Gasteiger partial charge on any atom is -0.384 e. The Morgan fingerprint density at radius 1 is 0.387 bits per heavy atom. The van der Waals surface area contributed by atoms with Crippen molar-refractivity contribution in [2.24, 2.45) is 4.99 Å². The van der Waals surface area contributed by atoms with Crippen LogP contribution >= 0.6 is 91.8 Å². The van der Waals surface area contributed by atoms with E-state index in [0.29, 0.717) is 61.1 Å². The molecule has 12 heterocycles. The molecule has 0 atom stereocenters. The Kier molecular flexibility index (Phi) is 34.2. The molecule has 0 saturated carbocycles. The summed E-state index contributed by atoms with van der Waals surface area (Å²) in [5, 5.41) is 14.9. The van der Waals surface area contributed by atoms with E-state index in [1.807, 2.05) is 55.6 Å². The molecule has 0 spiro atoms. The molecule has 3 N–H and O–H groups in total. The van der Waals surface area contributed by atoms with E-state index < -0.39 is 109 Å². The van der Waals surface area contributed by atoms with Crippen molar-refractivity contribution in [2.45, 2.75) is 61.8 Å². The van der Waals surface area contributed by atoms with Crippen LogP contribution in [-0.2, 0) is 95.4 Å². The maximum Gasteiger partial charge on any atom is 0.263 e. The summed E-state index contributed by atoms with van der Waals surface area (Å²) in [7, 11) is -13.3. The third-order valence-electron chi connectivity index (χ3n) is 25.2. The number of fused-ring (bicyclic) bond motifs is 5. The summed E-state index contributed by atoms with van der Waals surface area (Å²) in [5.41, 5.74) is 4.77. The van der Waals surface area contributed by atoms with Crippen LogP contribution < -0.4 is 38.2 Å². The summed E-state index contributed by atoms with van der Waals surface area (Å²) in [4.78, 5) is 114. The Labute approximate surface area is 894 Å². The number of nitrogens with zero attached hydrogens (tertiary/aromatic N) is 8. The predicted octanol–water partition coefficient (Wildman–Crippen LogP) is 17.6. The van der Waals surface area contributed by atoms with Gasteiger partial charge in [0, 0.05) is 154 Å². The molecule has 0 amide bonds. The molecule has 20 rings (SSSR count). The Hall–Kier alpha value is -12.5. The lowest BCUT2D eigenvalue weighted by Crippen LogP contribution is -2.39. The van der Waals surface area contributed by atoms with Crippen LogP contribution in [0, 0.1) is 23.3 Å². The molecule has 16 aromatic rings. The second-order valence-corrected chi connectivity index (χ2v) is 51.6. The smallest absolute Gasteiger partial charge is 0.263 e. The van der Waals surface area contributed by atoms with Crippen LogP contribution in [0.3, 0.4) is 0 Å². The van der Waals surface area contributed by atoms with Crippen LogP contribution in [0.4, 0.5) is 34.6 Å². The van der Waals surface area contributed by atoms with E-state index in [1.165, 1.54) is 153 Å². The number of thiophene rings is 4. The summed E-state index contributed by atoms with van der Waals surface area (Å²) in [6, 6.07) is 54.8. The maximum absolute atomic E-state index is 15.1. The van der Waals surface area contributed by atoms with Gasteiger partial charge in [0.05, 0.1) is 59.9 Å². The molecule has 0 radical (unpaired) electrons. The van der Waals surface area contributed by atoms with Crippen LogP contribution in [0.1, 0.15) is 46.2 Å². The number of benzene rings is 8. The van der Waals surface area contributed by atoms with E-state index in [1.54, 1.807) is 42.5 Å². The second kappa shape index (κ2) is 47.2. The molecule has 0 unspecified atom stereocenters. The molecular formula is C106H93Cl4F4N11O17S8. The van der Waals surface area contributed by atoms with Crippen LogP contribution in [0.2, 0.25) is 17.3 Å². The molecule has 4 aliphatic heterocycles. The lowest BCUT2D eigenvalue weighted by atomic mass is 10.1. The van der Waals surface area contributed by atoms with Crippen LogP contribution in [0.25, 0.3) is 65.8 Å². The predicted molar refractivity (Wildman–Crippen MR) is 585 cm³/mol. The quantitative estimate of drug-likeness (QED) is 0.0322. The van der Waals surface area contributed by atoms with E-state index in [9.17, 15) is 76.4 Å². The van der Waals surface area contributed by atoms with Crippen molar-refractivity contribution in [1.29, 1.82) is 0 Å². The zero-order valence-electron chi connectivity index (χ0n) is 79.8. The summed E-state index contributed by atoms with van der Waals surface area (Å²) >= 11 is 26.7. The number of likely N-dealkylation sites (N-methyl/N-ethyl adjacent to an activating group) is 1. The zero-order chi connectivity index (χ0) is 106. The monoisotopic (exact) mass is 2260 g/mol. The lowest BCUT2D eigenvalue weighted by molar-refractivity contribution is -0.116. The van der Waals surface area contributed by atoms with E-state index in [2.05, 4.69) is 35.6 Å². The molecule has 0 aliphatic carbocycles. The van der Waals surface area contributed by atoms with Crippen LogP contribution in [-0.4, -0.2) is 211 Å². The van der Waals surface area contributed by atoms with Crippen molar-refractivity contribution in [2.75, 3.05) is 131 Å². The summed E-state index contributed by atoms with van der Waals surface area (Å²) in [5.74, 6) is -6.99. The van der Waals surface area contributed by atoms with Gasteiger partial charge in [-0.15, -0.1) is 45.3 Å². The van der Waals surface area contributed by atoms with E-state index in [4.69, 9.17) is 51.1 Å². The number of halogens is 8. The number of Topliss-reactive ketones (excluding diaryl/α,β-unsaturated/α-hetero) is 4. The van der Waals surface area contributed by atoms with Crippen molar-refractivity contribution in [1.82, 2.24) is 33.0 Å². The lowest BCUT2D eigenvalue weighted by Gasteiger charge is -2.26. The van der Waals surface area contributed by atoms with Crippen molar-refractivity contribution in [3.63, 3.8) is 0 Å². The molecule has 150 heavy (non-hydrogen) atoms. The Balaban J connectivity index is 0.000000136. The highest BCUT2D eigenvalue weighted by Gasteiger charge is 2.30. The number of anilines is 3. The topological polar surface area (TPSA) is 360 Å². The number of carbonyl (C=O) groups is 4. The van der Waals surface area contributed by atoms with Gasteiger partial charge >= 0.3 is 0 Å². The minimum atomic E-state index is -3.83. The molecule has 2 fully saturated rings. The van der Waals surface area contributed by atoms with Gasteiger partial charge in [0.15, 0.2) is 62.5 Å². The standard InChI is InChI=1S/C28H27ClFN3O5S2.C28H27ClFN3O4S2.C26H21ClFN3O4S2.C24H18ClFN2O4S2/c29-26-5-6-27(39-26)40(36,37)18-22(34)15-19-1-4-25(24(30)16-19)33-9-7-20-17-21(2-3-23(20)28(33)35)31-8-10-32-11-13-38-14-12-32;29-26-7-8-27(38-26)39(36,37)18-22(34)15-19-3-6-25(24(30)16-19)33-13-9-20-17-21(4-5-23(20)28(33)35)31-10-14-32-11-1-2-12-32;1-30-11-9-29-25(30)18-3-4-20-17(14-18)8-10-31(26(20)33)22-5-2-16(13-21(22)28)12-19(32)15-37(34,35)24-7-6-23(27)36-24;25-22-3-4-23(33-22)34(31,32)13-17(29)9-14-1-2-21(19(26)10-14)28-8-6-15-12-20-16(5-7-27-20)11-18(15)24(28)30/h1-7,9,16-17,31H,8,10-15,18H2;3-9,13,16-17,31H,1-2,10-12,14-15,18H2;2-8,10,13-14H,9,11-12,15H2,1H3;1-4,6,8,10-12,27H,5,7,9,13H2. The first-order valence-electron chi connectivity index (χ1n) is 47.0. The van der Waals surface area contributed by atoms with Crippen LogP contribution in [0.5, 0.6) is 0 Å². The van der Waals surface area contributed by atoms with Gasteiger partial charge in [-0.05, 0) is 264 Å². The largest absolute Gasteiger partial charge is 0.384 e. The fourth-order valence-electron chi connectivity index (χ4n) is 17.8.